The topological polar surface area (TPSA) is 12.0 Å². The van der Waals surface area contributed by atoms with Crippen LogP contribution in [-0.2, 0) is 0 Å². The van der Waals surface area contributed by atoms with E-state index in [1.165, 1.54) is 22.9 Å². The summed E-state index contributed by atoms with van der Waals surface area (Å²) >= 11 is 3.56. The highest BCUT2D eigenvalue weighted by molar-refractivity contribution is 9.10. The Kier molecular flexibility index (Phi) is 4.04. The minimum atomic E-state index is 0.577. The van der Waals surface area contributed by atoms with Crippen molar-refractivity contribution in [1.82, 2.24) is 5.32 Å². The molecule has 1 N–H and O–H groups in total. The van der Waals surface area contributed by atoms with Crippen LogP contribution in [0.25, 0.3) is 0 Å². The third-order valence-corrected chi connectivity index (χ3v) is 3.71. The molecule has 1 aromatic rings. The average molecular weight is 282 g/mol. The molecule has 1 aliphatic carbocycles. The van der Waals surface area contributed by atoms with E-state index in [2.05, 4.69) is 59.4 Å². The Hall–Kier alpha value is -0.340. The van der Waals surface area contributed by atoms with Crippen molar-refractivity contribution in [1.29, 1.82) is 0 Å². The Morgan fingerprint density at radius 2 is 2.12 bits per heavy atom. The molecule has 2 rings (SSSR count). The van der Waals surface area contributed by atoms with Gasteiger partial charge in [0.2, 0.25) is 0 Å². The van der Waals surface area contributed by atoms with Crippen LogP contribution in [0.2, 0.25) is 0 Å². The first kappa shape index (κ1) is 12.1. The van der Waals surface area contributed by atoms with E-state index in [1.807, 2.05) is 0 Å². The van der Waals surface area contributed by atoms with Crippen LogP contribution < -0.4 is 5.32 Å². The monoisotopic (exact) mass is 281 g/mol. The molecule has 0 bridgehead atoms. The van der Waals surface area contributed by atoms with Gasteiger partial charge in [0.1, 0.15) is 0 Å². The summed E-state index contributed by atoms with van der Waals surface area (Å²) in [4.78, 5) is 0. The molecule has 1 unspecified atom stereocenters. The Balaban J connectivity index is 2.06. The first-order valence-electron chi connectivity index (χ1n) is 6.15. The van der Waals surface area contributed by atoms with E-state index in [4.69, 9.17) is 0 Å². The number of halogens is 1. The average Bonchev–Trinajstić information content (AvgIpc) is 3.02. The Labute approximate surface area is 107 Å². The molecule has 1 fully saturated rings. The second-order valence-corrected chi connectivity index (χ2v) is 5.98. The maximum Gasteiger partial charge on any atom is 0.0178 e. The maximum atomic E-state index is 3.57. The molecule has 0 radical (unpaired) electrons. The molecule has 16 heavy (non-hydrogen) atoms. The van der Waals surface area contributed by atoms with Gasteiger partial charge in [-0.15, -0.1) is 0 Å². The first-order valence-corrected chi connectivity index (χ1v) is 6.95. The van der Waals surface area contributed by atoms with Crippen molar-refractivity contribution >= 4 is 15.9 Å². The normalized spacial score (nSPS) is 17.8. The fourth-order valence-electron chi connectivity index (χ4n) is 2.16. The molecule has 1 aromatic carbocycles. The number of nitrogens with one attached hydrogen (secondary N) is 1. The Bertz CT molecular complexity index is 344. The quantitative estimate of drug-likeness (QED) is 0.862. The van der Waals surface area contributed by atoms with Crippen LogP contribution in [0.3, 0.4) is 0 Å². The van der Waals surface area contributed by atoms with Crippen LogP contribution in [-0.4, -0.2) is 12.6 Å². The molecule has 0 heterocycles. The minimum absolute atomic E-state index is 0.577. The summed E-state index contributed by atoms with van der Waals surface area (Å²) in [5, 5.41) is 3.57. The minimum Gasteiger partial charge on any atom is -0.314 e. The predicted octanol–water partition coefficient (Wildman–Crippen LogP) is 3.94. The smallest absolute Gasteiger partial charge is 0.0178 e. The lowest BCUT2D eigenvalue weighted by molar-refractivity contribution is 0.496. The van der Waals surface area contributed by atoms with Gasteiger partial charge < -0.3 is 5.32 Å². The van der Waals surface area contributed by atoms with E-state index in [1.54, 1.807) is 0 Å². The van der Waals surface area contributed by atoms with Crippen LogP contribution in [0.4, 0.5) is 0 Å². The molecule has 1 aliphatic rings. The molecule has 2 heteroatoms. The van der Waals surface area contributed by atoms with Gasteiger partial charge in [0.25, 0.3) is 0 Å². The zero-order valence-electron chi connectivity index (χ0n) is 10.0. The first-order chi connectivity index (χ1) is 7.66. The molecular formula is C14H20BrN. The zero-order chi connectivity index (χ0) is 11.5. The fourth-order valence-corrected chi connectivity index (χ4v) is 2.57. The molecular weight excluding hydrogens is 262 g/mol. The van der Waals surface area contributed by atoms with E-state index in [-0.39, 0.29) is 0 Å². The highest BCUT2D eigenvalue weighted by Gasteiger charge is 2.32. The summed E-state index contributed by atoms with van der Waals surface area (Å²) in [6.07, 6.45) is 2.80. The lowest BCUT2D eigenvalue weighted by Crippen LogP contribution is -2.28. The van der Waals surface area contributed by atoms with Crippen molar-refractivity contribution in [3.63, 3.8) is 0 Å². The number of hydrogen-bond acceptors (Lipinski definition) is 1. The summed E-state index contributed by atoms with van der Waals surface area (Å²) in [7, 11) is 0. The number of benzene rings is 1. The summed E-state index contributed by atoms with van der Waals surface area (Å²) in [6, 6.07) is 9.35. The van der Waals surface area contributed by atoms with Crippen LogP contribution in [0, 0.1) is 5.92 Å². The second kappa shape index (κ2) is 5.33. The van der Waals surface area contributed by atoms with E-state index >= 15 is 0 Å². The molecule has 1 nitrogen and oxygen atoms in total. The lowest BCUT2D eigenvalue weighted by atomic mass is 9.94. The van der Waals surface area contributed by atoms with Crippen molar-refractivity contribution < 1.29 is 0 Å². The highest BCUT2D eigenvalue weighted by atomic mass is 79.9. The molecule has 0 aliphatic heterocycles. The van der Waals surface area contributed by atoms with E-state index in [9.17, 15) is 0 Å². The zero-order valence-corrected chi connectivity index (χ0v) is 11.6. The van der Waals surface area contributed by atoms with Crippen LogP contribution in [0.1, 0.15) is 38.2 Å². The second-order valence-electron chi connectivity index (χ2n) is 5.06. The van der Waals surface area contributed by atoms with Gasteiger partial charge in [0.05, 0.1) is 0 Å². The number of rotatable bonds is 5. The van der Waals surface area contributed by atoms with Crippen molar-refractivity contribution in [2.45, 2.75) is 38.6 Å². The van der Waals surface area contributed by atoms with Gasteiger partial charge in [-0.2, -0.15) is 0 Å². The SMILES string of the molecule is CC(C)NCC(c1cccc(Br)c1)C1CC1. The third kappa shape index (κ3) is 3.33. The maximum absolute atomic E-state index is 3.57. The Morgan fingerprint density at radius 1 is 1.38 bits per heavy atom. The van der Waals surface area contributed by atoms with Gasteiger partial charge in [0.15, 0.2) is 0 Å². The molecule has 88 valence electrons. The standard InChI is InChI=1S/C14H20BrN/c1-10(2)16-9-14(11-6-7-11)12-4-3-5-13(15)8-12/h3-5,8,10-11,14,16H,6-7,9H2,1-2H3. The Morgan fingerprint density at radius 3 is 2.69 bits per heavy atom. The third-order valence-electron chi connectivity index (χ3n) is 3.21. The molecule has 0 aromatic heterocycles. The molecule has 0 spiro atoms. The van der Waals surface area contributed by atoms with E-state index in [0.717, 1.165) is 12.5 Å². The molecule has 0 amide bonds. The van der Waals surface area contributed by atoms with E-state index < -0.39 is 0 Å². The fraction of sp³-hybridized carbons (Fsp3) is 0.571. The van der Waals surface area contributed by atoms with Gasteiger partial charge >= 0.3 is 0 Å². The van der Waals surface area contributed by atoms with Crippen LogP contribution in [0.15, 0.2) is 28.7 Å². The van der Waals surface area contributed by atoms with Crippen molar-refractivity contribution in [3.8, 4) is 0 Å². The lowest BCUT2D eigenvalue weighted by Gasteiger charge is -2.19. The van der Waals surface area contributed by atoms with Crippen LogP contribution in [0.5, 0.6) is 0 Å². The molecule has 0 saturated heterocycles. The summed E-state index contributed by atoms with van der Waals surface area (Å²) in [5.74, 6) is 1.60. The van der Waals surface area contributed by atoms with Crippen molar-refractivity contribution in [2.75, 3.05) is 6.54 Å². The van der Waals surface area contributed by atoms with Gasteiger partial charge in [-0.25, -0.2) is 0 Å². The van der Waals surface area contributed by atoms with Gasteiger partial charge in [0, 0.05) is 17.1 Å². The van der Waals surface area contributed by atoms with E-state index in [0.29, 0.717) is 12.0 Å². The number of hydrogen-bond donors (Lipinski definition) is 1. The summed E-state index contributed by atoms with van der Waals surface area (Å²) < 4.78 is 1.19. The highest BCUT2D eigenvalue weighted by Crippen LogP contribution is 2.42. The largest absolute Gasteiger partial charge is 0.314 e. The van der Waals surface area contributed by atoms with Crippen LogP contribution >= 0.6 is 15.9 Å². The summed E-state index contributed by atoms with van der Waals surface area (Å²) in [6.45, 7) is 5.54. The summed E-state index contributed by atoms with van der Waals surface area (Å²) in [5.41, 5.74) is 1.48. The van der Waals surface area contributed by atoms with Gasteiger partial charge in [-0.05, 0) is 42.4 Å². The van der Waals surface area contributed by atoms with Crippen molar-refractivity contribution in [2.24, 2.45) is 5.92 Å². The predicted molar refractivity (Wildman–Crippen MR) is 72.7 cm³/mol. The molecule has 1 atom stereocenters. The van der Waals surface area contributed by atoms with Crippen molar-refractivity contribution in [3.05, 3.63) is 34.3 Å². The molecule has 1 saturated carbocycles. The van der Waals surface area contributed by atoms with Gasteiger partial charge in [-0.1, -0.05) is 41.9 Å². The van der Waals surface area contributed by atoms with Gasteiger partial charge in [-0.3, -0.25) is 0 Å².